The summed E-state index contributed by atoms with van der Waals surface area (Å²) in [6, 6.07) is 10.1. The van der Waals surface area contributed by atoms with Crippen LogP contribution in [0.2, 0.25) is 0 Å². The largest absolute Gasteiger partial charge is 0.495 e. The number of para-hydroxylation sites is 2. The molecule has 0 saturated carbocycles. The number of anilines is 3. The van der Waals surface area contributed by atoms with E-state index in [2.05, 4.69) is 37.2 Å². The van der Waals surface area contributed by atoms with Gasteiger partial charge in [0.15, 0.2) is 0 Å². The molecule has 6 nitrogen and oxygen atoms in total. The first-order valence-electron chi connectivity index (χ1n) is 8.01. The van der Waals surface area contributed by atoms with Gasteiger partial charge in [0.1, 0.15) is 11.6 Å². The molecule has 2 aromatic rings. The van der Waals surface area contributed by atoms with Gasteiger partial charge in [0.05, 0.1) is 12.8 Å². The maximum absolute atomic E-state index is 5.47. The second kappa shape index (κ2) is 11.9. The van der Waals surface area contributed by atoms with Crippen LogP contribution in [0.4, 0.5) is 17.5 Å². The fraction of sp³-hybridized carbons (Fsp3) is 0.412. The van der Waals surface area contributed by atoms with Crippen LogP contribution in [0.5, 0.6) is 5.75 Å². The smallest absolute Gasteiger partial charge is 0.224 e. The summed E-state index contributed by atoms with van der Waals surface area (Å²) in [6.45, 7) is 6.62. The van der Waals surface area contributed by atoms with Crippen molar-refractivity contribution in [1.82, 2.24) is 9.97 Å². The third kappa shape index (κ3) is 5.69. The van der Waals surface area contributed by atoms with Gasteiger partial charge in [-0.25, -0.2) is 4.98 Å². The molecule has 0 aliphatic carbocycles. The van der Waals surface area contributed by atoms with Gasteiger partial charge in [0.2, 0.25) is 5.95 Å². The van der Waals surface area contributed by atoms with Gasteiger partial charge in [0.25, 0.3) is 0 Å². The Morgan fingerprint density at radius 2 is 1.65 bits per heavy atom. The lowest BCUT2D eigenvalue weighted by Crippen LogP contribution is -2.47. The lowest BCUT2D eigenvalue weighted by Gasteiger charge is -2.37. The maximum atomic E-state index is 5.47. The lowest BCUT2D eigenvalue weighted by atomic mass is 10.2. The predicted octanol–water partition coefficient (Wildman–Crippen LogP) is 3.51. The van der Waals surface area contributed by atoms with Crippen LogP contribution in [0.1, 0.15) is 6.92 Å². The summed E-state index contributed by atoms with van der Waals surface area (Å²) in [6.07, 6.45) is 1.81. The van der Waals surface area contributed by atoms with Crippen molar-refractivity contribution in [1.29, 1.82) is 0 Å². The second-order valence-corrected chi connectivity index (χ2v) is 5.41. The van der Waals surface area contributed by atoms with E-state index in [1.807, 2.05) is 31.3 Å². The Morgan fingerprint density at radius 3 is 2.31 bits per heavy atom. The van der Waals surface area contributed by atoms with Gasteiger partial charge < -0.3 is 19.9 Å². The molecule has 2 heterocycles. The van der Waals surface area contributed by atoms with E-state index in [-0.39, 0.29) is 37.2 Å². The zero-order valence-electron chi connectivity index (χ0n) is 14.9. The zero-order valence-corrected chi connectivity index (χ0v) is 17.4. The summed E-state index contributed by atoms with van der Waals surface area (Å²) in [5, 5.41) is 3.16. The van der Waals surface area contributed by atoms with Crippen LogP contribution in [-0.2, 0) is 0 Å². The minimum absolute atomic E-state index is 0. The molecule has 0 atom stereocenters. The molecule has 1 N–H and O–H groups in total. The van der Waals surface area contributed by atoms with E-state index in [9.17, 15) is 0 Å². The summed E-state index contributed by atoms with van der Waals surface area (Å²) in [4.78, 5) is 13.5. The SMILES string of the molecule is CCNc1nccc(N2CCN(c3ccccc3OC)CC2)n1.Cl.Cl.Cl. The summed E-state index contributed by atoms with van der Waals surface area (Å²) >= 11 is 0. The Bertz CT molecular complexity index is 654. The van der Waals surface area contributed by atoms with Crippen molar-refractivity contribution in [3.05, 3.63) is 36.5 Å². The van der Waals surface area contributed by atoms with Crippen molar-refractivity contribution < 1.29 is 4.74 Å². The van der Waals surface area contributed by atoms with Crippen molar-refractivity contribution in [2.45, 2.75) is 6.92 Å². The highest BCUT2D eigenvalue weighted by atomic mass is 35.5. The van der Waals surface area contributed by atoms with Gasteiger partial charge in [0, 0.05) is 38.9 Å². The van der Waals surface area contributed by atoms with Crippen molar-refractivity contribution in [3.8, 4) is 5.75 Å². The number of aromatic nitrogens is 2. The summed E-state index contributed by atoms with van der Waals surface area (Å²) < 4.78 is 5.47. The molecule has 0 amide bonds. The third-order valence-corrected chi connectivity index (χ3v) is 4.01. The maximum Gasteiger partial charge on any atom is 0.224 e. The molecule has 1 saturated heterocycles. The number of hydrogen-bond acceptors (Lipinski definition) is 6. The molecular formula is C17H26Cl3N5O. The topological polar surface area (TPSA) is 53.5 Å². The van der Waals surface area contributed by atoms with Crippen LogP contribution >= 0.6 is 37.2 Å². The van der Waals surface area contributed by atoms with Crippen LogP contribution in [-0.4, -0.2) is 49.8 Å². The Hall–Kier alpha value is -1.63. The average Bonchev–Trinajstić information content (AvgIpc) is 2.62. The molecule has 3 rings (SSSR count). The van der Waals surface area contributed by atoms with Gasteiger partial charge in [-0.2, -0.15) is 4.98 Å². The molecule has 0 radical (unpaired) electrons. The molecule has 9 heteroatoms. The summed E-state index contributed by atoms with van der Waals surface area (Å²) in [5.74, 6) is 2.60. The lowest BCUT2D eigenvalue weighted by molar-refractivity contribution is 0.413. The number of piperazine rings is 1. The van der Waals surface area contributed by atoms with Crippen LogP contribution in [0.15, 0.2) is 36.5 Å². The van der Waals surface area contributed by atoms with E-state index in [4.69, 9.17) is 4.74 Å². The standard InChI is InChI=1S/C17H23N5O.3ClH/c1-3-18-17-19-9-8-16(20-17)22-12-10-21(11-13-22)14-6-4-5-7-15(14)23-2;;;/h4-9H,3,10-13H2,1-2H3,(H,18,19,20);3*1H. The molecule has 1 aliphatic rings. The Labute approximate surface area is 173 Å². The molecule has 0 bridgehead atoms. The first-order valence-corrected chi connectivity index (χ1v) is 8.01. The van der Waals surface area contributed by atoms with Crippen molar-refractivity contribution >= 4 is 54.7 Å². The van der Waals surface area contributed by atoms with E-state index in [0.29, 0.717) is 5.95 Å². The van der Waals surface area contributed by atoms with Gasteiger partial charge >= 0.3 is 0 Å². The third-order valence-electron chi connectivity index (χ3n) is 4.01. The number of benzene rings is 1. The molecule has 146 valence electrons. The van der Waals surface area contributed by atoms with Gasteiger partial charge in [-0.05, 0) is 25.1 Å². The molecule has 1 aromatic carbocycles. The van der Waals surface area contributed by atoms with Gasteiger partial charge in [-0.15, -0.1) is 37.2 Å². The van der Waals surface area contributed by atoms with Crippen molar-refractivity contribution in [2.75, 3.05) is 55.0 Å². The fourth-order valence-electron chi connectivity index (χ4n) is 2.84. The van der Waals surface area contributed by atoms with Crippen LogP contribution in [0.3, 0.4) is 0 Å². The number of halogens is 3. The minimum atomic E-state index is 0. The summed E-state index contributed by atoms with van der Waals surface area (Å²) in [7, 11) is 1.72. The number of nitrogens with one attached hydrogen (secondary N) is 1. The quantitative estimate of drug-likeness (QED) is 0.796. The van der Waals surface area contributed by atoms with Gasteiger partial charge in [-0.3, -0.25) is 0 Å². The van der Waals surface area contributed by atoms with Crippen LogP contribution < -0.4 is 19.9 Å². The number of rotatable bonds is 5. The first-order chi connectivity index (χ1) is 11.3. The van der Waals surface area contributed by atoms with Crippen LogP contribution in [0.25, 0.3) is 0 Å². The van der Waals surface area contributed by atoms with E-state index in [1.54, 1.807) is 7.11 Å². The fourth-order valence-corrected chi connectivity index (χ4v) is 2.84. The van der Waals surface area contributed by atoms with Gasteiger partial charge in [-0.1, -0.05) is 12.1 Å². The second-order valence-electron chi connectivity index (χ2n) is 5.41. The van der Waals surface area contributed by atoms with Crippen molar-refractivity contribution in [2.24, 2.45) is 0 Å². The average molecular weight is 423 g/mol. The molecule has 1 aromatic heterocycles. The number of hydrogen-bond donors (Lipinski definition) is 1. The highest BCUT2D eigenvalue weighted by Gasteiger charge is 2.20. The van der Waals surface area contributed by atoms with E-state index in [0.717, 1.165) is 50.0 Å². The normalized spacial score (nSPS) is 13.0. The van der Waals surface area contributed by atoms with Crippen LogP contribution in [0, 0.1) is 0 Å². The van der Waals surface area contributed by atoms with Crippen molar-refractivity contribution in [3.63, 3.8) is 0 Å². The molecule has 1 aliphatic heterocycles. The Balaban J connectivity index is 0.00000208. The summed E-state index contributed by atoms with van der Waals surface area (Å²) in [5.41, 5.74) is 1.16. The number of methoxy groups -OCH3 is 1. The molecule has 26 heavy (non-hydrogen) atoms. The molecular weight excluding hydrogens is 397 g/mol. The number of nitrogens with zero attached hydrogens (tertiary/aromatic N) is 4. The zero-order chi connectivity index (χ0) is 16.1. The Morgan fingerprint density at radius 1 is 1.00 bits per heavy atom. The molecule has 0 spiro atoms. The first kappa shape index (κ1) is 24.4. The van der Waals surface area contributed by atoms with E-state index in [1.165, 1.54) is 0 Å². The Kier molecular flexibility index (Phi) is 11.1. The highest BCUT2D eigenvalue weighted by molar-refractivity contribution is 5.86. The monoisotopic (exact) mass is 421 g/mol. The highest BCUT2D eigenvalue weighted by Crippen LogP contribution is 2.28. The number of ether oxygens (including phenoxy) is 1. The van der Waals surface area contributed by atoms with E-state index < -0.39 is 0 Å². The molecule has 1 fully saturated rings. The van der Waals surface area contributed by atoms with E-state index >= 15 is 0 Å². The predicted molar refractivity (Wildman–Crippen MR) is 115 cm³/mol. The minimum Gasteiger partial charge on any atom is -0.495 e. The molecule has 0 unspecified atom stereocenters.